The van der Waals surface area contributed by atoms with E-state index in [1.165, 1.54) is 19.3 Å². The Morgan fingerprint density at radius 2 is 2.07 bits per heavy atom. The summed E-state index contributed by atoms with van der Waals surface area (Å²) in [5, 5.41) is 3.09. The van der Waals surface area contributed by atoms with Crippen LogP contribution in [0.3, 0.4) is 0 Å². The molecule has 0 aromatic rings. The molecule has 0 aliphatic heterocycles. The second-order valence-electron chi connectivity index (χ2n) is 3.98. The average Bonchev–Trinajstić information content (AvgIpc) is 2.17. The number of amides is 1. The molecule has 0 saturated carbocycles. The van der Waals surface area contributed by atoms with Crippen molar-refractivity contribution >= 4 is 5.91 Å². The lowest BCUT2D eigenvalue weighted by Gasteiger charge is -2.22. The van der Waals surface area contributed by atoms with Crippen LogP contribution in [0.15, 0.2) is 0 Å². The zero-order valence-electron chi connectivity index (χ0n) is 10.3. The third-order valence-corrected chi connectivity index (χ3v) is 2.43. The number of nitrogens with two attached hydrogens (primary N) is 1. The fourth-order valence-electron chi connectivity index (χ4n) is 1.54. The van der Waals surface area contributed by atoms with Crippen molar-refractivity contribution in [2.75, 3.05) is 26.7 Å². The van der Waals surface area contributed by atoms with Gasteiger partial charge in [0.15, 0.2) is 0 Å². The lowest BCUT2D eigenvalue weighted by molar-refractivity contribution is -0.120. The van der Waals surface area contributed by atoms with Crippen LogP contribution in [0.2, 0.25) is 0 Å². The molecule has 0 aromatic carbocycles. The maximum Gasteiger partial charge on any atom is 0.235 e. The maximum absolute atomic E-state index is 11.1. The van der Waals surface area contributed by atoms with Gasteiger partial charge in [0.1, 0.15) is 0 Å². The minimum atomic E-state index is -0.265. The highest BCUT2D eigenvalue weighted by atomic mass is 16.1. The van der Waals surface area contributed by atoms with Gasteiger partial charge in [0.25, 0.3) is 0 Å². The Morgan fingerprint density at radius 1 is 1.40 bits per heavy atom. The highest BCUT2D eigenvalue weighted by Gasteiger charge is 2.15. The van der Waals surface area contributed by atoms with Crippen LogP contribution in [-0.2, 0) is 4.79 Å². The normalized spacial score (nSPS) is 13.1. The molecule has 15 heavy (non-hydrogen) atoms. The number of hydrogen-bond donors (Lipinski definition) is 2. The van der Waals surface area contributed by atoms with E-state index in [-0.39, 0.29) is 11.9 Å². The van der Waals surface area contributed by atoms with Gasteiger partial charge in [0, 0.05) is 6.54 Å². The van der Waals surface area contributed by atoms with Crippen LogP contribution in [0.5, 0.6) is 0 Å². The summed E-state index contributed by atoms with van der Waals surface area (Å²) in [6, 6.07) is -0.221. The molecule has 0 heterocycles. The zero-order chi connectivity index (χ0) is 11.7. The van der Waals surface area contributed by atoms with Crippen molar-refractivity contribution in [2.24, 2.45) is 5.73 Å². The van der Waals surface area contributed by atoms with Crippen molar-refractivity contribution in [3.8, 4) is 0 Å². The monoisotopic (exact) mass is 215 g/mol. The molecule has 4 heteroatoms. The fraction of sp³-hybridized carbons (Fsp3) is 0.909. The smallest absolute Gasteiger partial charge is 0.235 e. The molecule has 0 saturated heterocycles. The van der Waals surface area contributed by atoms with Gasteiger partial charge < -0.3 is 16.0 Å². The van der Waals surface area contributed by atoms with Gasteiger partial charge in [0.05, 0.1) is 6.04 Å². The first-order chi connectivity index (χ1) is 7.11. The van der Waals surface area contributed by atoms with E-state index in [9.17, 15) is 4.79 Å². The minimum absolute atomic E-state index is 0.221. The van der Waals surface area contributed by atoms with E-state index < -0.39 is 0 Å². The minimum Gasteiger partial charge on any atom is -0.368 e. The number of hydrogen-bond acceptors (Lipinski definition) is 3. The topological polar surface area (TPSA) is 58.4 Å². The number of nitrogens with zero attached hydrogens (tertiary/aromatic N) is 1. The Balaban J connectivity index is 3.78. The van der Waals surface area contributed by atoms with E-state index in [1.807, 2.05) is 14.0 Å². The highest BCUT2D eigenvalue weighted by Crippen LogP contribution is 1.97. The number of rotatable bonds is 9. The Bertz CT molecular complexity index is 173. The van der Waals surface area contributed by atoms with E-state index in [2.05, 4.69) is 17.1 Å². The van der Waals surface area contributed by atoms with Gasteiger partial charge in [-0.2, -0.15) is 0 Å². The summed E-state index contributed by atoms with van der Waals surface area (Å²) in [4.78, 5) is 13.2. The summed E-state index contributed by atoms with van der Waals surface area (Å²) in [5.41, 5.74) is 5.30. The van der Waals surface area contributed by atoms with Crippen molar-refractivity contribution in [2.45, 2.75) is 39.2 Å². The predicted molar refractivity (Wildman–Crippen MR) is 63.7 cm³/mol. The van der Waals surface area contributed by atoms with E-state index >= 15 is 0 Å². The van der Waals surface area contributed by atoms with Crippen LogP contribution in [-0.4, -0.2) is 43.5 Å². The summed E-state index contributed by atoms with van der Waals surface area (Å²) in [7, 11) is 2.03. The van der Waals surface area contributed by atoms with Crippen molar-refractivity contribution < 1.29 is 4.79 Å². The molecule has 1 unspecified atom stereocenters. The van der Waals surface area contributed by atoms with Crippen LogP contribution < -0.4 is 11.1 Å². The zero-order valence-corrected chi connectivity index (χ0v) is 10.3. The molecule has 4 nitrogen and oxygen atoms in total. The quantitative estimate of drug-likeness (QED) is 0.553. The standard InChI is InChI=1S/C11H25N3O/c1-4-6-7-8-14(3)9-10(11(12)15)13-5-2/h10,13H,4-9H2,1-3H3,(H2,12,15). The molecule has 0 fully saturated rings. The Hall–Kier alpha value is -0.610. The molecular weight excluding hydrogens is 190 g/mol. The SMILES string of the molecule is CCCCCN(C)CC(NCC)C(N)=O. The van der Waals surface area contributed by atoms with Crippen LogP contribution in [0, 0.1) is 0 Å². The molecule has 0 radical (unpaired) electrons. The van der Waals surface area contributed by atoms with Crippen molar-refractivity contribution in [3.63, 3.8) is 0 Å². The number of primary amides is 1. The van der Waals surface area contributed by atoms with Gasteiger partial charge in [-0.15, -0.1) is 0 Å². The van der Waals surface area contributed by atoms with Gasteiger partial charge in [0.2, 0.25) is 5.91 Å². The molecule has 0 aromatic heterocycles. The number of carbonyl (C=O) groups excluding carboxylic acids is 1. The molecule has 0 rings (SSSR count). The van der Waals surface area contributed by atoms with Crippen LogP contribution in [0.1, 0.15) is 33.1 Å². The Kier molecular flexibility index (Phi) is 8.33. The third kappa shape index (κ3) is 7.33. The first-order valence-electron chi connectivity index (χ1n) is 5.83. The van der Waals surface area contributed by atoms with E-state index in [0.29, 0.717) is 6.54 Å². The van der Waals surface area contributed by atoms with E-state index in [4.69, 9.17) is 5.73 Å². The molecule has 0 aliphatic carbocycles. The highest BCUT2D eigenvalue weighted by molar-refractivity contribution is 5.80. The van der Waals surface area contributed by atoms with Crippen molar-refractivity contribution in [1.82, 2.24) is 10.2 Å². The fourth-order valence-corrected chi connectivity index (χ4v) is 1.54. The molecule has 90 valence electrons. The van der Waals surface area contributed by atoms with E-state index in [0.717, 1.165) is 13.1 Å². The third-order valence-electron chi connectivity index (χ3n) is 2.43. The number of carbonyl (C=O) groups is 1. The second kappa shape index (κ2) is 8.68. The Labute approximate surface area is 93.2 Å². The van der Waals surface area contributed by atoms with Crippen LogP contribution >= 0.6 is 0 Å². The van der Waals surface area contributed by atoms with Gasteiger partial charge >= 0.3 is 0 Å². The largest absolute Gasteiger partial charge is 0.368 e. The first-order valence-corrected chi connectivity index (χ1v) is 5.83. The molecule has 0 aliphatic rings. The number of unbranched alkanes of at least 4 members (excludes halogenated alkanes) is 2. The van der Waals surface area contributed by atoms with Gasteiger partial charge in [-0.3, -0.25) is 4.79 Å². The summed E-state index contributed by atoms with van der Waals surface area (Å²) in [6.45, 7) is 6.67. The Morgan fingerprint density at radius 3 is 2.53 bits per heavy atom. The molecular formula is C11H25N3O. The van der Waals surface area contributed by atoms with Crippen molar-refractivity contribution in [1.29, 1.82) is 0 Å². The van der Waals surface area contributed by atoms with Gasteiger partial charge in [-0.25, -0.2) is 0 Å². The summed E-state index contributed by atoms with van der Waals surface area (Å²) in [5.74, 6) is -0.265. The lowest BCUT2D eigenvalue weighted by atomic mass is 10.2. The molecule has 0 bridgehead atoms. The second-order valence-corrected chi connectivity index (χ2v) is 3.98. The predicted octanol–water partition coefficient (Wildman–Crippen LogP) is 0.572. The molecule has 1 atom stereocenters. The number of likely N-dealkylation sites (N-methyl/N-ethyl adjacent to an activating group) is 2. The number of nitrogens with one attached hydrogen (secondary N) is 1. The van der Waals surface area contributed by atoms with E-state index in [1.54, 1.807) is 0 Å². The first kappa shape index (κ1) is 14.4. The molecule has 3 N–H and O–H groups in total. The molecule has 0 spiro atoms. The lowest BCUT2D eigenvalue weighted by Crippen LogP contribution is -2.48. The summed E-state index contributed by atoms with van der Waals surface area (Å²) >= 11 is 0. The van der Waals surface area contributed by atoms with Crippen molar-refractivity contribution in [3.05, 3.63) is 0 Å². The van der Waals surface area contributed by atoms with Crippen LogP contribution in [0.4, 0.5) is 0 Å². The summed E-state index contributed by atoms with van der Waals surface area (Å²) < 4.78 is 0. The van der Waals surface area contributed by atoms with Crippen LogP contribution in [0.25, 0.3) is 0 Å². The average molecular weight is 215 g/mol. The van der Waals surface area contributed by atoms with Gasteiger partial charge in [-0.05, 0) is 26.6 Å². The van der Waals surface area contributed by atoms with Gasteiger partial charge in [-0.1, -0.05) is 26.7 Å². The maximum atomic E-state index is 11.1. The summed E-state index contributed by atoms with van der Waals surface area (Å²) in [6.07, 6.45) is 3.65. The molecule has 1 amide bonds.